The molecule has 1 aromatic heterocycles. The van der Waals surface area contributed by atoms with E-state index >= 15 is 0 Å². The average Bonchev–Trinajstić information content (AvgIpc) is 3.70. The highest BCUT2D eigenvalue weighted by atomic mass is 32.1. The van der Waals surface area contributed by atoms with E-state index in [0.29, 0.717) is 68.8 Å². The highest BCUT2D eigenvalue weighted by Crippen LogP contribution is 2.38. The fourth-order valence-corrected chi connectivity index (χ4v) is 10.7. The number of nitrogens with zero attached hydrogens (tertiary/aromatic N) is 2. The second kappa shape index (κ2) is 41.5. The molecule has 0 fully saturated rings. The SMILES string of the molecule is CCCCCCCCC(CCCCCCCC)OC(=O)CCCCC(=O)Nc1sc2c(c1C(=O)OCCCN(C)C)CCN(C(=O)CCCCCOC(=O)C(CCCCCC)CCCCCCCC)C2. The third-order valence-corrected chi connectivity index (χ3v) is 15.0. The topological polar surface area (TPSA) is 132 Å². The van der Waals surface area contributed by atoms with Crippen molar-refractivity contribution in [1.29, 1.82) is 0 Å². The van der Waals surface area contributed by atoms with Crippen LogP contribution in [0.4, 0.5) is 5.00 Å². The van der Waals surface area contributed by atoms with Crippen molar-refractivity contribution in [2.24, 2.45) is 5.92 Å². The summed E-state index contributed by atoms with van der Waals surface area (Å²) in [5.74, 6) is -0.831. The molecule has 1 aromatic rings. The number of carbonyl (C=O) groups excluding carboxylic acids is 5. The smallest absolute Gasteiger partial charge is 0.341 e. The maximum atomic E-state index is 13.6. The van der Waals surface area contributed by atoms with Gasteiger partial charge in [-0.15, -0.1) is 11.3 Å². The molecule has 2 rings (SSSR count). The Morgan fingerprint density at radius 1 is 0.586 bits per heavy atom. The lowest BCUT2D eigenvalue weighted by Gasteiger charge is -2.27. The van der Waals surface area contributed by atoms with E-state index in [1.165, 1.54) is 127 Å². The summed E-state index contributed by atoms with van der Waals surface area (Å²) in [6, 6.07) is 0. The van der Waals surface area contributed by atoms with Crippen molar-refractivity contribution < 1.29 is 38.2 Å². The van der Waals surface area contributed by atoms with E-state index < -0.39 is 5.97 Å². The third-order valence-electron chi connectivity index (χ3n) is 13.9. The number of unbranched alkanes of at least 4 members (excludes halogenated alkanes) is 21. The van der Waals surface area contributed by atoms with Crippen LogP contribution in [0.1, 0.15) is 273 Å². The molecule has 1 atom stereocenters. The molecule has 0 aromatic carbocycles. The second-order valence-corrected chi connectivity index (χ2v) is 21.7. The number of hydrogen-bond acceptors (Lipinski definition) is 10. The number of carbonyl (C=O) groups is 5. The van der Waals surface area contributed by atoms with Gasteiger partial charge >= 0.3 is 17.9 Å². The Labute approximate surface area is 431 Å². The molecule has 2 amide bonds. The van der Waals surface area contributed by atoms with Crippen molar-refractivity contribution in [3.63, 3.8) is 0 Å². The van der Waals surface area contributed by atoms with Crippen LogP contribution in [-0.2, 0) is 46.4 Å². The van der Waals surface area contributed by atoms with E-state index in [2.05, 4.69) is 33.0 Å². The van der Waals surface area contributed by atoms with Crippen LogP contribution in [0.15, 0.2) is 0 Å². The first-order valence-corrected chi connectivity index (χ1v) is 29.8. The summed E-state index contributed by atoms with van der Waals surface area (Å²) in [7, 11) is 3.96. The Morgan fingerprint density at radius 2 is 1.09 bits per heavy atom. The van der Waals surface area contributed by atoms with Crippen LogP contribution < -0.4 is 5.32 Å². The molecule has 1 N–H and O–H groups in total. The molecule has 0 radical (unpaired) electrons. The molecule has 0 aliphatic carbocycles. The number of fused-ring (bicyclic) bond motifs is 1. The number of rotatable bonds is 45. The molecule has 70 heavy (non-hydrogen) atoms. The van der Waals surface area contributed by atoms with Crippen molar-refractivity contribution in [3.8, 4) is 0 Å². The zero-order valence-electron chi connectivity index (χ0n) is 45.7. The Kier molecular flexibility index (Phi) is 37.4. The Morgan fingerprint density at radius 3 is 1.67 bits per heavy atom. The molecular formula is C58H103N3O8S. The minimum absolute atomic E-state index is 0.00970. The summed E-state index contributed by atoms with van der Waals surface area (Å²) in [4.78, 5) is 71.4. The maximum Gasteiger partial charge on any atom is 0.341 e. The Bertz CT molecular complexity index is 1530. The van der Waals surface area contributed by atoms with E-state index in [1.54, 1.807) is 0 Å². The van der Waals surface area contributed by atoms with Crippen LogP contribution in [0.2, 0.25) is 0 Å². The van der Waals surface area contributed by atoms with E-state index in [0.717, 1.165) is 81.2 Å². The number of hydrogen-bond donors (Lipinski definition) is 1. The summed E-state index contributed by atoms with van der Waals surface area (Å²) in [6.07, 6.45) is 35.6. The van der Waals surface area contributed by atoms with Gasteiger partial charge in [0.05, 0.1) is 31.2 Å². The van der Waals surface area contributed by atoms with Crippen molar-refractivity contribution >= 4 is 46.1 Å². The van der Waals surface area contributed by atoms with Crippen LogP contribution in [0, 0.1) is 5.92 Å². The molecule has 11 nitrogen and oxygen atoms in total. The van der Waals surface area contributed by atoms with E-state index in [1.807, 2.05) is 23.9 Å². The van der Waals surface area contributed by atoms with Gasteiger partial charge in [0, 0.05) is 37.2 Å². The van der Waals surface area contributed by atoms with E-state index in [9.17, 15) is 24.0 Å². The largest absolute Gasteiger partial charge is 0.465 e. The number of nitrogens with one attached hydrogen (secondary N) is 1. The van der Waals surface area contributed by atoms with Gasteiger partial charge in [0.15, 0.2) is 0 Å². The Balaban J connectivity index is 1.91. The molecule has 0 saturated carbocycles. The van der Waals surface area contributed by atoms with Crippen molar-refractivity contribution in [2.45, 2.75) is 271 Å². The maximum absolute atomic E-state index is 13.6. The lowest BCUT2D eigenvalue weighted by atomic mass is 9.94. The first kappa shape index (κ1) is 63.1. The zero-order chi connectivity index (χ0) is 51.0. The van der Waals surface area contributed by atoms with E-state index in [4.69, 9.17) is 14.2 Å². The number of thiophene rings is 1. The molecule has 12 heteroatoms. The molecule has 0 bridgehead atoms. The average molecular weight is 1000 g/mol. The molecule has 0 saturated heterocycles. The highest BCUT2D eigenvalue weighted by molar-refractivity contribution is 7.17. The van der Waals surface area contributed by atoms with Gasteiger partial charge < -0.3 is 29.3 Å². The van der Waals surface area contributed by atoms with Crippen molar-refractivity contribution in [2.75, 3.05) is 45.7 Å². The Hall–Kier alpha value is -2.99. The van der Waals surface area contributed by atoms with Gasteiger partial charge in [-0.3, -0.25) is 19.2 Å². The number of amides is 2. The third kappa shape index (κ3) is 29.5. The molecular weight excluding hydrogens is 899 g/mol. The van der Waals surface area contributed by atoms with Crippen molar-refractivity contribution in [3.05, 3.63) is 16.0 Å². The summed E-state index contributed by atoms with van der Waals surface area (Å²) >= 11 is 1.36. The standard InChI is InChI=1S/C58H103N3O8S/c1-7-11-15-19-22-27-36-48(35-26-18-14-10-4)57(65)67-45-33-25-30-40-53(63)61-44-42-50-51(47-61)70-56(55(50)58(66)68-46-34-43-60(5)6)59-52(62)39-31-32-41-54(64)69-49(37-28-23-20-16-12-8-2)38-29-24-21-17-13-9-3/h48-49H,7-47H2,1-6H3,(H,59,62). The fourth-order valence-electron chi connectivity index (χ4n) is 9.47. The number of esters is 3. The van der Waals surface area contributed by atoms with Crippen LogP contribution >= 0.6 is 11.3 Å². The van der Waals surface area contributed by atoms with Crippen LogP contribution in [-0.4, -0.2) is 86.0 Å². The molecule has 1 aliphatic heterocycles. The van der Waals surface area contributed by atoms with Gasteiger partial charge in [0.1, 0.15) is 11.1 Å². The second-order valence-electron chi connectivity index (χ2n) is 20.6. The molecule has 0 spiro atoms. The zero-order valence-corrected chi connectivity index (χ0v) is 46.5. The predicted octanol–water partition coefficient (Wildman–Crippen LogP) is 15.1. The minimum Gasteiger partial charge on any atom is -0.465 e. The van der Waals surface area contributed by atoms with Crippen LogP contribution in [0.25, 0.3) is 0 Å². The van der Waals surface area contributed by atoms with Gasteiger partial charge in [0.2, 0.25) is 11.8 Å². The fraction of sp³-hybridized carbons (Fsp3) is 0.845. The van der Waals surface area contributed by atoms with Gasteiger partial charge in [-0.1, -0.05) is 156 Å². The summed E-state index contributed by atoms with van der Waals surface area (Å²) in [5.41, 5.74) is 1.25. The molecule has 1 unspecified atom stereocenters. The van der Waals surface area contributed by atoms with Gasteiger partial charge in [-0.2, -0.15) is 0 Å². The monoisotopic (exact) mass is 1000 g/mol. The molecule has 404 valence electrons. The van der Waals surface area contributed by atoms with Crippen LogP contribution in [0.3, 0.4) is 0 Å². The number of ether oxygens (including phenoxy) is 3. The molecule has 1 aliphatic rings. The quantitative estimate of drug-likeness (QED) is 0.0385. The number of anilines is 1. The summed E-state index contributed by atoms with van der Waals surface area (Å²) < 4.78 is 17.6. The summed E-state index contributed by atoms with van der Waals surface area (Å²) in [5, 5.41) is 3.49. The predicted molar refractivity (Wildman–Crippen MR) is 290 cm³/mol. The first-order valence-electron chi connectivity index (χ1n) is 28.9. The van der Waals surface area contributed by atoms with Gasteiger partial charge in [0.25, 0.3) is 0 Å². The summed E-state index contributed by atoms with van der Waals surface area (Å²) in [6.45, 7) is 11.2. The van der Waals surface area contributed by atoms with Gasteiger partial charge in [-0.05, 0) is 103 Å². The van der Waals surface area contributed by atoms with Gasteiger partial charge in [-0.25, -0.2) is 4.79 Å². The first-order chi connectivity index (χ1) is 34.0. The normalized spacial score (nSPS) is 12.9. The lowest BCUT2D eigenvalue weighted by molar-refractivity contribution is -0.150. The van der Waals surface area contributed by atoms with Crippen molar-refractivity contribution in [1.82, 2.24) is 9.80 Å². The lowest BCUT2D eigenvalue weighted by Crippen LogP contribution is -2.35. The molecule has 2 heterocycles. The van der Waals surface area contributed by atoms with E-state index in [-0.39, 0.29) is 55.2 Å². The minimum atomic E-state index is -0.448. The highest BCUT2D eigenvalue weighted by Gasteiger charge is 2.31. The van der Waals surface area contributed by atoms with Crippen LogP contribution in [0.5, 0.6) is 0 Å².